The standard InChI is InChI=1S/2C8H19O2P.C4H10O2/c2*1-3-5-7-11(9,10)8-6-4-2;1-4(6)2-3-5/h2*3-8H2,1-2H3,(H,9,10);4-6H,2-3H2,1H3. The number of hydrogen-bond acceptors (Lipinski definition) is 4. The van der Waals surface area contributed by atoms with E-state index < -0.39 is 14.7 Å². The highest BCUT2D eigenvalue weighted by molar-refractivity contribution is 7.58. The minimum Gasteiger partial charge on any atom is -0.396 e. The first-order valence-corrected chi connectivity index (χ1v) is 15.0. The Hall–Kier alpha value is 0.300. The molecule has 0 spiro atoms. The van der Waals surface area contributed by atoms with E-state index in [1.54, 1.807) is 6.92 Å². The lowest BCUT2D eigenvalue weighted by Crippen LogP contribution is -2.00. The van der Waals surface area contributed by atoms with Gasteiger partial charge in [-0.2, -0.15) is 0 Å². The lowest BCUT2D eigenvalue weighted by atomic mass is 10.3. The molecule has 8 heteroatoms. The van der Waals surface area contributed by atoms with E-state index in [0.29, 0.717) is 31.1 Å². The van der Waals surface area contributed by atoms with Crippen LogP contribution in [0.25, 0.3) is 0 Å². The van der Waals surface area contributed by atoms with Crippen molar-refractivity contribution in [3.63, 3.8) is 0 Å². The van der Waals surface area contributed by atoms with Crippen molar-refractivity contribution in [1.82, 2.24) is 0 Å². The molecule has 0 aromatic heterocycles. The van der Waals surface area contributed by atoms with Crippen LogP contribution < -0.4 is 0 Å². The highest BCUT2D eigenvalue weighted by Gasteiger charge is 2.16. The van der Waals surface area contributed by atoms with Crippen LogP contribution in [0.3, 0.4) is 0 Å². The molecular weight excluding hydrogens is 398 g/mol. The summed E-state index contributed by atoms with van der Waals surface area (Å²) in [7, 11) is -5.45. The summed E-state index contributed by atoms with van der Waals surface area (Å²) in [5, 5.41) is 16.5. The van der Waals surface area contributed by atoms with E-state index in [4.69, 9.17) is 10.2 Å². The average molecular weight is 447 g/mol. The highest BCUT2D eigenvalue weighted by Crippen LogP contribution is 2.42. The molecule has 1 unspecified atom stereocenters. The first-order chi connectivity index (χ1) is 13.0. The van der Waals surface area contributed by atoms with Crippen LogP contribution in [-0.2, 0) is 9.13 Å². The average Bonchev–Trinajstić information content (AvgIpc) is 2.62. The molecule has 0 rings (SSSR count). The van der Waals surface area contributed by atoms with Crippen LogP contribution in [0.15, 0.2) is 0 Å². The van der Waals surface area contributed by atoms with E-state index in [9.17, 15) is 18.9 Å². The minimum atomic E-state index is -2.73. The number of hydrogen-bond donors (Lipinski definition) is 4. The van der Waals surface area contributed by atoms with Crippen LogP contribution in [0, 0.1) is 0 Å². The van der Waals surface area contributed by atoms with Crippen molar-refractivity contribution in [2.75, 3.05) is 31.3 Å². The summed E-state index contributed by atoms with van der Waals surface area (Å²) in [6.07, 6.45) is 9.79. The molecule has 28 heavy (non-hydrogen) atoms. The van der Waals surface area contributed by atoms with Gasteiger partial charge in [-0.05, 0) is 39.0 Å². The van der Waals surface area contributed by atoms with Crippen molar-refractivity contribution in [3.8, 4) is 0 Å². The highest BCUT2D eigenvalue weighted by atomic mass is 31.2. The lowest BCUT2D eigenvalue weighted by Gasteiger charge is -2.09. The van der Waals surface area contributed by atoms with Gasteiger partial charge in [0, 0.05) is 31.3 Å². The van der Waals surface area contributed by atoms with Gasteiger partial charge in [0.2, 0.25) is 14.7 Å². The third kappa shape index (κ3) is 31.0. The SMILES string of the molecule is CC(O)CCO.CCCCP(=O)(O)CCCC.CCCCP(=O)(O)CCCC. The molecule has 0 heterocycles. The molecule has 0 radical (unpaired) electrons. The van der Waals surface area contributed by atoms with Crippen molar-refractivity contribution in [2.24, 2.45) is 0 Å². The molecule has 0 bridgehead atoms. The predicted molar refractivity (Wildman–Crippen MR) is 122 cm³/mol. The number of unbranched alkanes of at least 4 members (excludes halogenated alkanes) is 4. The number of aliphatic hydroxyl groups is 2. The van der Waals surface area contributed by atoms with Gasteiger partial charge in [-0.25, -0.2) is 0 Å². The van der Waals surface area contributed by atoms with Gasteiger partial charge < -0.3 is 20.0 Å². The van der Waals surface area contributed by atoms with Crippen LogP contribution in [0.1, 0.15) is 92.4 Å². The molecule has 0 aliphatic carbocycles. The van der Waals surface area contributed by atoms with E-state index in [1.807, 2.05) is 27.7 Å². The number of aliphatic hydroxyl groups excluding tert-OH is 2. The monoisotopic (exact) mass is 446 g/mol. The maximum absolute atomic E-state index is 11.3. The maximum atomic E-state index is 11.3. The van der Waals surface area contributed by atoms with Gasteiger partial charge in [-0.1, -0.05) is 53.4 Å². The summed E-state index contributed by atoms with van der Waals surface area (Å²) in [6.45, 7) is 9.90. The first kappa shape index (κ1) is 33.0. The number of rotatable bonds is 14. The first-order valence-electron chi connectivity index (χ1n) is 10.9. The zero-order valence-electron chi connectivity index (χ0n) is 19.0. The van der Waals surface area contributed by atoms with Crippen LogP contribution in [-0.4, -0.2) is 57.4 Å². The van der Waals surface area contributed by atoms with E-state index in [1.165, 1.54) is 0 Å². The topological polar surface area (TPSA) is 115 Å². The molecule has 1 atom stereocenters. The van der Waals surface area contributed by atoms with Gasteiger partial charge in [-0.15, -0.1) is 0 Å². The summed E-state index contributed by atoms with van der Waals surface area (Å²) in [5.74, 6) is 0. The Morgan fingerprint density at radius 3 is 1.04 bits per heavy atom. The Bertz CT molecular complexity index is 346. The molecule has 0 saturated carbocycles. The van der Waals surface area contributed by atoms with Crippen LogP contribution in [0.5, 0.6) is 0 Å². The Morgan fingerprint density at radius 2 is 0.929 bits per heavy atom. The van der Waals surface area contributed by atoms with E-state index >= 15 is 0 Å². The second-order valence-electron chi connectivity index (χ2n) is 7.36. The molecule has 0 aliphatic heterocycles. The smallest absolute Gasteiger partial charge is 0.200 e. The third-order valence-electron chi connectivity index (χ3n) is 3.99. The van der Waals surface area contributed by atoms with Crippen LogP contribution >= 0.6 is 14.7 Å². The summed E-state index contributed by atoms with van der Waals surface area (Å²) in [4.78, 5) is 18.7. The van der Waals surface area contributed by atoms with E-state index in [2.05, 4.69) is 0 Å². The molecule has 6 nitrogen and oxygen atoms in total. The van der Waals surface area contributed by atoms with E-state index in [-0.39, 0.29) is 12.7 Å². The van der Waals surface area contributed by atoms with Gasteiger partial charge in [0.1, 0.15) is 0 Å². The molecular formula is C20H48O6P2. The Balaban J connectivity index is -0.000000351. The maximum Gasteiger partial charge on any atom is 0.200 e. The molecule has 4 N–H and O–H groups in total. The predicted octanol–water partition coefficient (Wildman–Crippen LogP) is 5.46. The Kier molecular flexibility index (Phi) is 25.9. The van der Waals surface area contributed by atoms with Gasteiger partial charge in [0.25, 0.3) is 0 Å². The summed E-state index contributed by atoms with van der Waals surface area (Å²) in [5.41, 5.74) is 0. The molecule has 0 amide bonds. The lowest BCUT2D eigenvalue weighted by molar-refractivity contribution is 0.148. The van der Waals surface area contributed by atoms with Gasteiger partial charge in [0.15, 0.2) is 0 Å². The zero-order valence-corrected chi connectivity index (χ0v) is 20.8. The fraction of sp³-hybridized carbons (Fsp3) is 1.00. The normalized spacial score (nSPS) is 12.5. The molecule has 0 aromatic rings. The molecule has 0 fully saturated rings. The minimum absolute atomic E-state index is 0.0810. The molecule has 0 aromatic carbocycles. The van der Waals surface area contributed by atoms with Crippen molar-refractivity contribution in [2.45, 2.75) is 98.5 Å². The summed E-state index contributed by atoms with van der Waals surface area (Å²) >= 11 is 0. The van der Waals surface area contributed by atoms with E-state index in [0.717, 1.165) is 51.4 Å². The van der Waals surface area contributed by atoms with Crippen molar-refractivity contribution in [1.29, 1.82) is 0 Å². The third-order valence-corrected chi connectivity index (χ3v) is 8.05. The van der Waals surface area contributed by atoms with Crippen molar-refractivity contribution >= 4 is 14.7 Å². The Labute approximate surface area is 174 Å². The van der Waals surface area contributed by atoms with Crippen LogP contribution in [0.4, 0.5) is 0 Å². The molecule has 0 aliphatic rings. The second-order valence-corrected chi connectivity index (χ2v) is 12.5. The van der Waals surface area contributed by atoms with Gasteiger partial charge in [0.05, 0.1) is 6.10 Å². The van der Waals surface area contributed by atoms with Gasteiger partial charge in [-0.3, -0.25) is 9.13 Å². The van der Waals surface area contributed by atoms with Crippen molar-refractivity contribution in [3.05, 3.63) is 0 Å². The van der Waals surface area contributed by atoms with Crippen molar-refractivity contribution < 1.29 is 29.1 Å². The van der Waals surface area contributed by atoms with Crippen LogP contribution in [0.2, 0.25) is 0 Å². The molecule has 0 saturated heterocycles. The fourth-order valence-electron chi connectivity index (χ4n) is 2.03. The fourth-order valence-corrected chi connectivity index (χ4v) is 5.72. The summed E-state index contributed by atoms with van der Waals surface area (Å²) < 4.78 is 22.6. The van der Waals surface area contributed by atoms with Gasteiger partial charge >= 0.3 is 0 Å². The molecule has 174 valence electrons. The quantitative estimate of drug-likeness (QED) is 0.263. The largest absolute Gasteiger partial charge is 0.396 e. The second kappa shape index (κ2) is 22.0. The Morgan fingerprint density at radius 1 is 0.679 bits per heavy atom. The summed E-state index contributed by atoms with van der Waals surface area (Å²) in [6, 6.07) is 0. The zero-order chi connectivity index (χ0) is 22.5.